The van der Waals surface area contributed by atoms with Crippen LogP contribution in [0.1, 0.15) is 10.4 Å². The van der Waals surface area contributed by atoms with Crippen LogP contribution in [0.15, 0.2) is 42.5 Å². The van der Waals surface area contributed by atoms with Gasteiger partial charge in [0.2, 0.25) is 0 Å². The zero-order valence-corrected chi connectivity index (χ0v) is 8.72. The van der Waals surface area contributed by atoms with Crippen LogP contribution in [-0.4, -0.2) is 16.2 Å². The topological polar surface area (TPSA) is 57.5 Å². The van der Waals surface area contributed by atoms with Gasteiger partial charge in [0.15, 0.2) is 0 Å². The van der Waals surface area contributed by atoms with Crippen molar-refractivity contribution in [1.82, 2.24) is 0 Å². The smallest absolute Gasteiger partial charge is 0.339 e. The fourth-order valence-corrected chi connectivity index (χ4v) is 1.56. The molecule has 0 unspecified atom stereocenters. The maximum atomic E-state index is 13.0. The lowest BCUT2D eigenvalue weighted by Crippen LogP contribution is -1.96. The van der Waals surface area contributed by atoms with E-state index in [0.29, 0.717) is 11.1 Å². The van der Waals surface area contributed by atoms with E-state index >= 15 is 0 Å². The number of hydrogen-bond donors (Lipinski definition) is 2. The van der Waals surface area contributed by atoms with Gasteiger partial charge in [-0.25, -0.2) is 9.18 Å². The average Bonchev–Trinajstić information content (AvgIpc) is 2.28. The molecule has 0 heterocycles. The normalized spacial score (nSPS) is 10.2. The largest absolute Gasteiger partial charge is 0.507 e. The van der Waals surface area contributed by atoms with Gasteiger partial charge in [-0.2, -0.15) is 0 Å². The predicted octanol–water partition coefficient (Wildman–Crippen LogP) is 2.90. The summed E-state index contributed by atoms with van der Waals surface area (Å²) in [7, 11) is 0. The Morgan fingerprint density at radius 2 is 1.76 bits per heavy atom. The lowest BCUT2D eigenvalue weighted by molar-refractivity contribution is 0.0694. The number of rotatable bonds is 2. The third kappa shape index (κ3) is 2.25. The SMILES string of the molecule is O=C(O)c1ccc(-c2cccc(F)c2)cc1O. The van der Waals surface area contributed by atoms with Crippen LogP contribution in [0.5, 0.6) is 5.75 Å². The number of aromatic carboxylic acids is 1. The number of carboxylic acid groups (broad SMARTS) is 1. The van der Waals surface area contributed by atoms with Crippen molar-refractivity contribution in [2.45, 2.75) is 0 Å². The molecular formula is C13H9FO3. The highest BCUT2D eigenvalue weighted by molar-refractivity contribution is 5.91. The first-order valence-electron chi connectivity index (χ1n) is 4.90. The van der Waals surface area contributed by atoms with E-state index in [0.717, 1.165) is 0 Å². The van der Waals surface area contributed by atoms with Crippen molar-refractivity contribution in [1.29, 1.82) is 0 Å². The number of aromatic hydroxyl groups is 1. The molecule has 0 aliphatic heterocycles. The molecule has 17 heavy (non-hydrogen) atoms. The summed E-state index contributed by atoms with van der Waals surface area (Å²) in [4.78, 5) is 10.7. The van der Waals surface area contributed by atoms with Crippen molar-refractivity contribution in [2.75, 3.05) is 0 Å². The van der Waals surface area contributed by atoms with Gasteiger partial charge in [0, 0.05) is 0 Å². The average molecular weight is 232 g/mol. The van der Waals surface area contributed by atoms with Crippen molar-refractivity contribution in [3.63, 3.8) is 0 Å². The number of carbonyl (C=O) groups is 1. The summed E-state index contributed by atoms with van der Waals surface area (Å²) < 4.78 is 13.0. The van der Waals surface area contributed by atoms with Crippen molar-refractivity contribution < 1.29 is 19.4 Å². The molecule has 2 aromatic rings. The molecule has 0 aliphatic carbocycles. The van der Waals surface area contributed by atoms with E-state index in [2.05, 4.69) is 0 Å². The first-order valence-corrected chi connectivity index (χ1v) is 4.90. The minimum absolute atomic E-state index is 0.176. The van der Waals surface area contributed by atoms with Gasteiger partial charge < -0.3 is 10.2 Å². The molecule has 3 nitrogen and oxygen atoms in total. The quantitative estimate of drug-likeness (QED) is 0.836. The molecule has 0 amide bonds. The molecule has 0 saturated heterocycles. The summed E-state index contributed by atoms with van der Waals surface area (Å²) in [5, 5.41) is 18.3. The minimum atomic E-state index is -1.20. The third-order valence-corrected chi connectivity index (χ3v) is 2.39. The van der Waals surface area contributed by atoms with Gasteiger partial charge in [0.05, 0.1) is 0 Å². The Kier molecular flexibility index (Phi) is 2.78. The van der Waals surface area contributed by atoms with Crippen molar-refractivity contribution >= 4 is 5.97 Å². The van der Waals surface area contributed by atoms with Gasteiger partial charge in [-0.1, -0.05) is 18.2 Å². The maximum absolute atomic E-state index is 13.0. The Labute approximate surface area is 96.8 Å². The van der Waals surface area contributed by atoms with E-state index < -0.39 is 5.97 Å². The first kappa shape index (κ1) is 11.1. The molecule has 0 aliphatic rings. The van der Waals surface area contributed by atoms with Crippen LogP contribution in [0, 0.1) is 5.82 Å². The van der Waals surface area contributed by atoms with Gasteiger partial charge in [-0.05, 0) is 35.4 Å². The predicted molar refractivity (Wildman–Crippen MR) is 60.5 cm³/mol. The number of carboxylic acids is 1. The van der Waals surface area contributed by atoms with Crippen molar-refractivity contribution in [3.8, 4) is 16.9 Å². The monoisotopic (exact) mass is 232 g/mol. The molecule has 0 bridgehead atoms. The van der Waals surface area contributed by atoms with Gasteiger partial charge in [-0.15, -0.1) is 0 Å². The molecule has 0 radical (unpaired) electrons. The highest BCUT2D eigenvalue weighted by Crippen LogP contribution is 2.26. The molecule has 0 aromatic heterocycles. The Hall–Kier alpha value is -2.36. The zero-order valence-electron chi connectivity index (χ0n) is 8.72. The number of benzene rings is 2. The Morgan fingerprint density at radius 1 is 1.06 bits per heavy atom. The molecule has 2 aromatic carbocycles. The minimum Gasteiger partial charge on any atom is -0.507 e. The lowest BCUT2D eigenvalue weighted by Gasteiger charge is -2.04. The maximum Gasteiger partial charge on any atom is 0.339 e. The fraction of sp³-hybridized carbons (Fsp3) is 0. The summed E-state index contributed by atoms with van der Waals surface area (Å²) in [5.41, 5.74) is 0.967. The van der Waals surface area contributed by atoms with Crippen LogP contribution >= 0.6 is 0 Å². The van der Waals surface area contributed by atoms with E-state index in [-0.39, 0.29) is 17.1 Å². The Bertz CT molecular complexity index is 579. The molecule has 4 heteroatoms. The van der Waals surface area contributed by atoms with Crippen LogP contribution < -0.4 is 0 Å². The van der Waals surface area contributed by atoms with Gasteiger partial charge in [-0.3, -0.25) is 0 Å². The summed E-state index contributed by atoms with van der Waals surface area (Å²) in [6.45, 7) is 0. The summed E-state index contributed by atoms with van der Waals surface area (Å²) in [5.74, 6) is -1.92. The summed E-state index contributed by atoms with van der Waals surface area (Å²) >= 11 is 0. The summed E-state index contributed by atoms with van der Waals surface area (Å²) in [6, 6.07) is 9.98. The number of hydrogen-bond acceptors (Lipinski definition) is 2. The van der Waals surface area contributed by atoms with E-state index in [1.54, 1.807) is 12.1 Å². The van der Waals surface area contributed by atoms with Gasteiger partial charge >= 0.3 is 5.97 Å². The van der Waals surface area contributed by atoms with Crippen LogP contribution in [0.25, 0.3) is 11.1 Å². The third-order valence-electron chi connectivity index (χ3n) is 2.39. The molecular weight excluding hydrogens is 223 g/mol. The van der Waals surface area contributed by atoms with Crippen molar-refractivity contribution in [3.05, 3.63) is 53.8 Å². The molecule has 86 valence electrons. The van der Waals surface area contributed by atoms with Crippen LogP contribution in [-0.2, 0) is 0 Å². The molecule has 2 rings (SSSR count). The Morgan fingerprint density at radius 3 is 2.35 bits per heavy atom. The highest BCUT2D eigenvalue weighted by Gasteiger charge is 2.10. The highest BCUT2D eigenvalue weighted by atomic mass is 19.1. The first-order chi connectivity index (χ1) is 8.08. The molecule has 2 N–H and O–H groups in total. The Balaban J connectivity index is 2.48. The van der Waals surface area contributed by atoms with Gasteiger partial charge in [0.1, 0.15) is 17.1 Å². The van der Waals surface area contributed by atoms with Crippen LogP contribution in [0.2, 0.25) is 0 Å². The summed E-state index contributed by atoms with van der Waals surface area (Å²) in [6.07, 6.45) is 0. The fourth-order valence-electron chi connectivity index (χ4n) is 1.56. The van der Waals surface area contributed by atoms with Crippen molar-refractivity contribution in [2.24, 2.45) is 0 Å². The van der Waals surface area contributed by atoms with E-state index in [9.17, 15) is 14.3 Å². The lowest BCUT2D eigenvalue weighted by atomic mass is 10.0. The van der Waals surface area contributed by atoms with E-state index in [4.69, 9.17) is 5.11 Å². The second-order valence-corrected chi connectivity index (χ2v) is 3.55. The molecule has 0 fully saturated rings. The van der Waals surface area contributed by atoms with Gasteiger partial charge in [0.25, 0.3) is 0 Å². The van der Waals surface area contributed by atoms with Crippen LogP contribution in [0.4, 0.5) is 4.39 Å². The number of phenols is 1. The van der Waals surface area contributed by atoms with E-state index in [1.165, 1.54) is 30.3 Å². The second kappa shape index (κ2) is 4.25. The number of halogens is 1. The van der Waals surface area contributed by atoms with E-state index in [1.807, 2.05) is 0 Å². The van der Waals surface area contributed by atoms with Crippen LogP contribution in [0.3, 0.4) is 0 Å². The molecule has 0 saturated carbocycles. The standard InChI is InChI=1S/C13H9FO3/c14-10-3-1-2-8(6-10)9-4-5-11(13(16)17)12(15)7-9/h1-7,15H,(H,16,17). The molecule has 0 spiro atoms. The zero-order chi connectivity index (χ0) is 12.4. The molecule has 0 atom stereocenters. The second-order valence-electron chi connectivity index (χ2n) is 3.55.